The molecule has 0 fully saturated rings. The topological polar surface area (TPSA) is 0 Å². The molecular weight excluding hydrogens is 537 g/mol. The fourth-order valence-electron chi connectivity index (χ4n) is 7.28. The molecule has 0 bridgehead atoms. The predicted octanol–water partition coefficient (Wildman–Crippen LogP) is 11.9. The van der Waals surface area contributed by atoms with Gasteiger partial charge in [-0.2, -0.15) is 0 Å². The molecule has 0 amide bonds. The summed E-state index contributed by atoms with van der Waals surface area (Å²) < 4.78 is 2.71. The first-order valence-electron chi connectivity index (χ1n) is 15.0. The summed E-state index contributed by atoms with van der Waals surface area (Å²) in [6.45, 7) is 0. The van der Waals surface area contributed by atoms with Crippen molar-refractivity contribution in [3.05, 3.63) is 174 Å². The van der Waals surface area contributed by atoms with Gasteiger partial charge >= 0.3 is 0 Å². The molecule has 2 atom stereocenters. The molecule has 0 saturated heterocycles. The largest absolute Gasteiger partial charge is 0.134 e. The van der Waals surface area contributed by atoms with Gasteiger partial charge in [0.15, 0.2) is 0 Å². The van der Waals surface area contributed by atoms with Gasteiger partial charge in [-0.25, -0.2) is 0 Å². The Labute approximate surface area is 255 Å². The number of rotatable bonds is 3. The SMILES string of the molecule is C1=CC2c3ccccc3-c3ccccc3C2C=C1c1cccc(-c2cccc3c2sc2c(-c4ccccc4)cccc23)c1. The Morgan fingerprint density at radius 3 is 1.67 bits per heavy atom. The monoisotopic (exact) mass is 564 g/mol. The Hall–Kier alpha value is -4.98. The highest BCUT2D eigenvalue weighted by Gasteiger charge is 2.32. The Kier molecular flexibility index (Phi) is 5.61. The Morgan fingerprint density at radius 2 is 0.953 bits per heavy atom. The summed E-state index contributed by atoms with van der Waals surface area (Å²) in [4.78, 5) is 0. The van der Waals surface area contributed by atoms with E-state index >= 15 is 0 Å². The first-order valence-corrected chi connectivity index (χ1v) is 15.8. The van der Waals surface area contributed by atoms with Crippen molar-refractivity contribution >= 4 is 37.1 Å². The molecule has 7 aromatic rings. The van der Waals surface area contributed by atoms with Gasteiger partial charge in [-0.15, -0.1) is 11.3 Å². The molecule has 6 aromatic carbocycles. The average molecular weight is 565 g/mol. The van der Waals surface area contributed by atoms with E-state index in [0.29, 0.717) is 11.8 Å². The van der Waals surface area contributed by atoms with Gasteiger partial charge in [-0.05, 0) is 61.7 Å². The lowest BCUT2D eigenvalue weighted by molar-refractivity contribution is 0.722. The van der Waals surface area contributed by atoms with E-state index in [1.165, 1.54) is 75.8 Å². The number of benzene rings is 6. The van der Waals surface area contributed by atoms with E-state index in [2.05, 4.69) is 158 Å². The summed E-state index contributed by atoms with van der Waals surface area (Å²) >= 11 is 1.92. The lowest BCUT2D eigenvalue weighted by Gasteiger charge is -2.35. The zero-order valence-electron chi connectivity index (χ0n) is 23.6. The molecule has 2 aliphatic carbocycles. The molecule has 202 valence electrons. The molecule has 43 heavy (non-hydrogen) atoms. The van der Waals surface area contributed by atoms with Crippen molar-refractivity contribution in [2.75, 3.05) is 0 Å². The maximum absolute atomic E-state index is 2.50. The Bertz CT molecular complexity index is 2240. The standard InChI is InChI=1S/C42H28S/c1-2-11-27(12-3-1)31-19-9-21-38-39-22-10-20-32(42(39)43-41(31)38)30-14-8-13-28(25-30)29-23-24-37-35-17-5-4-15-33(35)34-16-6-7-18-36(34)40(37)26-29/h1-26,37,40H. The van der Waals surface area contributed by atoms with Crippen LogP contribution in [-0.4, -0.2) is 0 Å². The zero-order chi connectivity index (χ0) is 28.3. The van der Waals surface area contributed by atoms with Gasteiger partial charge < -0.3 is 0 Å². The van der Waals surface area contributed by atoms with Crippen LogP contribution in [0.1, 0.15) is 28.5 Å². The minimum absolute atomic E-state index is 0.331. The van der Waals surface area contributed by atoms with Crippen LogP contribution in [0.3, 0.4) is 0 Å². The number of fused-ring (bicyclic) bond motifs is 9. The van der Waals surface area contributed by atoms with Gasteiger partial charge in [-0.1, -0.05) is 152 Å². The number of thiophene rings is 1. The van der Waals surface area contributed by atoms with Gasteiger partial charge in [0, 0.05) is 32.0 Å². The van der Waals surface area contributed by atoms with Crippen LogP contribution in [0.2, 0.25) is 0 Å². The third kappa shape index (κ3) is 3.89. The molecule has 0 saturated carbocycles. The molecule has 0 radical (unpaired) electrons. The van der Waals surface area contributed by atoms with E-state index < -0.39 is 0 Å². The summed E-state index contributed by atoms with van der Waals surface area (Å²) in [6.07, 6.45) is 7.28. The number of hydrogen-bond acceptors (Lipinski definition) is 1. The van der Waals surface area contributed by atoms with Gasteiger partial charge in [0.25, 0.3) is 0 Å². The molecule has 9 rings (SSSR count). The van der Waals surface area contributed by atoms with Crippen molar-refractivity contribution < 1.29 is 0 Å². The molecule has 1 heterocycles. The summed E-state index contributed by atoms with van der Waals surface area (Å²) in [5, 5.41) is 2.66. The third-order valence-electron chi connectivity index (χ3n) is 9.28. The van der Waals surface area contributed by atoms with E-state index in [-0.39, 0.29) is 0 Å². The molecule has 0 nitrogen and oxygen atoms in total. The molecule has 2 aliphatic rings. The van der Waals surface area contributed by atoms with Gasteiger partial charge in [0.2, 0.25) is 0 Å². The maximum atomic E-state index is 2.50. The second kappa shape index (κ2) is 9.80. The molecule has 0 spiro atoms. The normalized spacial score (nSPS) is 16.9. The predicted molar refractivity (Wildman–Crippen MR) is 185 cm³/mol. The van der Waals surface area contributed by atoms with Crippen molar-refractivity contribution in [2.24, 2.45) is 0 Å². The number of allylic oxidation sites excluding steroid dienone is 4. The first kappa shape index (κ1) is 24.6. The quantitative estimate of drug-likeness (QED) is 0.200. The lowest BCUT2D eigenvalue weighted by atomic mass is 9.69. The van der Waals surface area contributed by atoms with E-state index in [9.17, 15) is 0 Å². The van der Waals surface area contributed by atoms with Gasteiger partial charge in [0.05, 0.1) is 0 Å². The van der Waals surface area contributed by atoms with Crippen LogP contribution in [-0.2, 0) is 0 Å². The zero-order valence-corrected chi connectivity index (χ0v) is 24.4. The molecule has 2 unspecified atom stereocenters. The van der Waals surface area contributed by atoms with Gasteiger partial charge in [-0.3, -0.25) is 0 Å². The van der Waals surface area contributed by atoms with Crippen LogP contribution in [0.4, 0.5) is 0 Å². The highest BCUT2D eigenvalue weighted by molar-refractivity contribution is 7.26. The lowest BCUT2D eigenvalue weighted by Crippen LogP contribution is -2.17. The van der Waals surface area contributed by atoms with Crippen molar-refractivity contribution in [3.63, 3.8) is 0 Å². The van der Waals surface area contributed by atoms with E-state index in [0.717, 1.165) is 0 Å². The second-order valence-corrected chi connectivity index (χ2v) is 12.6. The van der Waals surface area contributed by atoms with Crippen LogP contribution in [0.5, 0.6) is 0 Å². The van der Waals surface area contributed by atoms with Crippen molar-refractivity contribution in [2.45, 2.75) is 11.8 Å². The van der Waals surface area contributed by atoms with Crippen LogP contribution in [0.25, 0.3) is 59.1 Å². The van der Waals surface area contributed by atoms with E-state index in [1.54, 1.807) is 0 Å². The Balaban J connectivity index is 1.15. The van der Waals surface area contributed by atoms with Gasteiger partial charge in [0.1, 0.15) is 0 Å². The van der Waals surface area contributed by atoms with Crippen LogP contribution >= 0.6 is 11.3 Å². The van der Waals surface area contributed by atoms with Crippen LogP contribution in [0.15, 0.2) is 158 Å². The summed E-state index contributed by atoms with van der Waals surface area (Å²) in [6, 6.07) is 51.3. The van der Waals surface area contributed by atoms with Crippen molar-refractivity contribution in [1.82, 2.24) is 0 Å². The number of hydrogen-bond donors (Lipinski definition) is 0. The summed E-state index contributed by atoms with van der Waals surface area (Å²) in [7, 11) is 0. The van der Waals surface area contributed by atoms with Crippen molar-refractivity contribution in [3.8, 4) is 33.4 Å². The highest BCUT2D eigenvalue weighted by Crippen LogP contribution is 2.51. The van der Waals surface area contributed by atoms with Crippen LogP contribution < -0.4 is 0 Å². The summed E-state index contributed by atoms with van der Waals surface area (Å²) in [5.41, 5.74) is 13.3. The maximum Gasteiger partial charge on any atom is 0.0434 e. The molecule has 1 aromatic heterocycles. The van der Waals surface area contributed by atoms with Crippen molar-refractivity contribution in [1.29, 1.82) is 0 Å². The fourth-order valence-corrected chi connectivity index (χ4v) is 8.65. The third-order valence-corrected chi connectivity index (χ3v) is 10.6. The van der Waals surface area contributed by atoms with E-state index in [1.807, 2.05) is 11.3 Å². The molecule has 1 heteroatoms. The smallest absolute Gasteiger partial charge is 0.0434 e. The van der Waals surface area contributed by atoms with Crippen LogP contribution in [0, 0.1) is 0 Å². The molecular formula is C42H28S. The minimum atomic E-state index is 0.331. The fraction of sp³-hybridized carbons (Fsp3) is 0.0476. The average Bonchev–Trinajstić information content (AvgIpc) is 3.48. The van der Waals surface area contributed by atoms with E-state index in [4.69, 9.17) is 0 Å². The molecule has 0 aliphatic heterocycles. The minimum Gasteiger partial charge on any atom is -0.134 e. The Morgan fingerprint density at radius 1 is 0.419 bits per heavy atom. The highest BCUT2D eigenvalue weighted by atomic mass is 32.1. The second-order valence-electron chi connectivity index (χ2n) is 11.6. The summed E-state index contributed by atoms with van der Waals surface area (Å²) in [5.74, 6) is 0.696. The molecule has 0 N–H and O–H groups in total. The first-order chi connectivity index (χ1) is 21.3.